The second kappa shape index (κ2) is 8.35. The van der Waals surface area contributed by atoms with Gasteiger partial charge in [0.25, 0.3) is 0 Å². The van der Waals surface area contributed by atoms with Gasteiger partial charge in [-0.1, -0.05) is 20.8 Å². The monoisotopic (exact) mass is 394 g/mol. The lowest BCUT2D eigenvalue weighted by molar-refractivity contribution is -0.121. The van der Waals surface area contributed by atoms with E-state index in [9.17, 15) is 22.0 Å². The molecule has 0 heterocycles. The predicted molar refractivity (Wildman–Crippen MR) is 98.4 cm³/mol. The number of amides is 1. The molecule has 0 aliphatic rings. The Balaban J connectivity index is 2.89. The van der Waals surface area contributed by atoms with Gasteiger partial charge in [0.15, 0.2) is 11.6 Å². The van der Waals surface area contributed by atoms with Crippen molar-refractivity contribution in [3.8, 4) is 0 Å². The van der Waals surface area contributed by atoms with E-state index in [0.717, 1.165) is 28.8 Å². The van der Waals surface area contributed by atoms with Crippen molar-refractivity contribution in [3.05, 3.63) is 29.8 Å². The average Bonchev–Trinajstić information content (AvgIpc) is 2.44. The number of hydrogen-bond donors (Lipinski definition) is 1. The first-order valence-corrected chi connectivity index (χ1v) is 10.5. The van der Waals surface area contributed by atoms with Crippen LogP contribution in [-0.4, -0.2) is 43.7 Å². The van der Waals surface area contributed by atoms with Crippen molar-refractivity contribution in [2.24, 2.45) is 0 Å². The third kappa shape index (κ3) is 6.81. The van der Waals surface area contributed by atoms with Crippen LogP contribution in [0, 0.1) is 11.6 Å². The summed E-state index contributed by atoms with van der Waals surface area (Å²) in [6, 6.07) is 1.61. The number of carbonyl (C=O) groups excluding carboxylic acids is 1. The van der Waals surface area contributed by atoms with Gasteiger partial charge in [0.1, 0.15) is 6.04 Å². The molecule has 142 valence electrons. The van der Waals surface area contributed by atoms with Crippen LogP contribution >= 0.6 is 11.8 Å². The molecule has 0 aromatic heterocycles. The zero-order chi connectivity index (χ0) is 19.4. The largest absolute Gasteiger partial charge is 0.353 e. The fourth-order valence-corrected chi connectivity index (χ4v) is 4.09. The summed E-state index contributed by atoms with van der Waals surface area (Å²) in [5.41, 5.74) is -0.104. The van der Waals surface area contributed by atoms with Gasteiger partial charge < -0.3 is 5.32 Å². The molecule has 1 aromatic carbocycles. The van der Waals surface area contributed by atoms with Crippen molar-refractivity contribution < 1.29 is 22.0 Å². The van der Waals surface area contributed by atoms with Crippen molar-refractivity contribution in [2.75, 3.05) is 22.9 Å². The van der Waals surface area contributed by atoms with Gasteiger partial charge in [0.2, 0.25) is 15.9 Å². The van der Waals surface area contributed by atoms with E-state index in [1.54, 1.807) is 11.8 Å². The number of nitrogens with one attached hydrogen (secondary N) is 1. The highest BCUT2D eigenvalue weighted by Crippen LogP contribution is 2.24. The molecule has 0 saturated heterocycles. The fraction of sp³-hybridized carbons (Fsp3) is 0.562. The molecular weight excluding hydrogens is 370 g/mol. The molecule has 25 heavy (non-hydrogen) atoms. The molecule has 0 saturated carbocycles. The molecule has 1 aromatic rings. The summed E-state index contributed by atoms with van der Waals surface area (Å²) in [5, 5.41) is 2.67. The zero-order valence-corrected chi connectivity index (χ0v) is 16.6. The van der Waals surface area contributed by atoms with Crippen LogP contribution in [0.2, 0.25) is 0 Å². The number of benzene rings is 1. The highest BCUT2D eigenvalue weighted by atomic mass is 32.2. The third-order valence-electron chi connectivity index (χ3n) is 3.18. The highest BCUT2D eigenvalue weighted by molar-refractivity contribution is 8.00. The van der Waals surface area contributed by atoms with E-state index in [2.05, 4.69) is 26.1 Å². The van der Waals surface area contributed by atoms with Crippen LogP contribution in [0.5, 0.6) is 0 Å². The van der Waals surface area contributed by atoms with E-state index in [0.29, 0.717) is 12.3 Å². The van der Waals surface area contributed by atoms with E-state index in [1.807, 2.05) is 0 Å². The Kier molecular flexibility index (Phi) is 7.25. The second-order valence-corrected chi connectivity index (χ2v) is 10.4. The molecule has 0 aliphatic carbocycles. The van der Waals surface area contributed by atoms with Gasteiger partial charge >= 0.3 is 0 Å². The number of anilines is 1. The lowest BCUT2D eigenvalue weighted by Gasteiger charge is -2.28. The summed E-state index contributed by atoms with van der Waals surface area (Å²) in [6.07, 6.45) is 0.910. The van der Waals surface area contributed by atoms with Crippen LogP contribution in [0.1, 0.15) is 27.7 Å². The molecular formula is C16H24F2N2O3S2. The quantitative estimate of drug-likeness (QED) is 0.722. The van der Waals surface area contributed by atoms with E-state index in [1.165, 1.54) is 6.92 Å². The average molecular weight is 395 g/mol. The number of rotatable bonds is 7. The molecule has 9 heteroatoms. The smallest absolute Gasteiger partial charge is 0.243 e. The second-order valence-electron chi connectivity index (χ2n) is 6.59. The molecule has 0 bridgehead atoms. The summed E-state index contributed by atoms with van der Waals surface area (Å²) >= 11 is 1.66. The summed E-state index contributed by atoms with van der Waals surface area (Å²) in [5.74, 6) is -2.11. The Bertz CT molecular complexity index is 719. The van der Waals surface area contributed by atoms with E-state index in [4.69, 9.17) is 0 Å². The third-order valence-corrected chi connectivity index (χ3v) is 5.70. The summed E-state index contributed by atoms with van der Waals surface area (Å²) < 4.78 is 51.5. The lowest BCUT2D eigenvalue weighted by atomic mass is 10.2. The predicted octanol–water partition coefficient (Wildman–Crippen LogP) is 2.77. The Morgan fingerprint density at radius 2 is 1.88 bits per heavy atom. The molecule has 0 radical (unpaired) electrons. The minimum absolute atomic E-state index is 0.0563. The van der Waals surface area contributed by atoms with Gasteiger partial charge in [-0.25, -0.2) is 17.2 Å². The summed E-state index contributed by atoms with van der Waals surface area (Å²) in [4.78, 5) is 12.3. The normalized spacial score (nSPS) is 13.4. The highest BCUT2D eigenvalue weighted by Gasteiger charge is 2.29. The Morgan fingerprint density at radius 1 is 1.28 bits per heavy atom. The molecule has 1 N–H and O–H groups in total. The van der Waals surface area contributed by atoms with Crippen molar-refractivity contribution in [3.63, 3.8) is 0 Å². The first-order valence-electron chi connectivity index (χ1n) is 7.69. The van der Waals surface area contributed by atoms with Gasteiger partial charge in [0, 0.05) is 23.1 Å². The Hall–Kier alpha value is -1.35. The van der Waals surface area contributed by atoms with Gasteiger partial charge in [-0.3, -0.25) is 9.10 Å². The fourth-order valence-electron chi connectivity index (χ4n) is 2.11. The zero-order valence-electron chi connectivity index (χ0n) is 15.0. The minimum atomic E-state index is -3.87. The van der Waals surface area contributed by atoms with Gasteiger partial charge in [-0.05, 0) is 19.1 Å². The molecule has 1 unspecified atom stereocenters. The maximum Gasteiger partial charge on any atom is 0.243 e. The molecule has 0 spiro atoms. The van der Waals surface area contributed by atoms with Crippen molar-refractivity contribution in [1.82, 2.24) is 5.32 Å². The molecule has 1 rings (SSSR count). The lowest BCUT2D eigenvalue weighted by Crippen LogP contribution is -2.48. The topological polar surface area (TPSA) is 66.5 Å². The summed E-state index contributed by atoms with van der Waals surface area (Å²) in [7, 11) is -3.87. The standard InChI is InChI=1S/C16H24F2N2O3S2/c1-11(15(21)19-8-9-24-16(2,3)4)20(25(5,22)23)12-6-7-13(17)14(18)10-12/h6-7,10-11H,8-9H2,1-5H3,(H,19,21). The number of sulfonamides is 1. The van der Waals surface area contributed by atoms with Crippen LogP contribution < -0.4 is 9.62 Å². The molecule has 0 fully saturated rings. The van der Waals surface area contributed by atoms with E-state index in [-0.39, 0.29) is 10.4 Å². The molecule has 1 atom stereocenters. The molecule has 5 nitrogen and oxygen atoms in total. The molecule has 0 aliphatic heterocycles. The number of nitrogens with zero attached hydrogens (tertiary/aromatic N) is 1. The number of halogens is 2. The number of hydrogen-bond acceptors (Lipinski definition) is 4. The SMILES string of the molecule is CC(C(=O)NCCSC(C)(C)C)N(c1ccc(F)c(F)c1)S(C)(=O)=O. The number of carbonyl (C=O) groups is 1. The first-order chi connectivity index (χ1) is 11.3. The van der Waals surface area contributed by atoms with Crippen LogP contribution in [0.3, 0.4) is 0 Å². The van der Waals surface area contributed by atoms with Gasteiger partial charge in [0.05, 0.1) is 11.9 Å². The van der Waals surface area contributed by atoms with Crippen molar-refractivity contribution in [1.29, 1.82) is 0 Å². The van der Waals surface area contributed by atoms with Gasteiger partial charge in [-0.15, -0.1) is 0 Å². The molecule has 1 amide bonds. The summed E-state index contributed by atoms with van der Waals surface area (Å²) in [6.45, 7) is 7.93. The van der Waals surface area contributed by atoms with Crippen LogP contribution in [0.4, 0.5) is 14.5 Å². The first kappa shape index (κ1) is 21.7. The minimum Gasteiger partial charge on any atom is -0.353 e. The van der Waals surface area contributed by atoms with E-state index >= 15 is 0 Å². The van der Waals surface area contributed by atoms with Crippen molar-refractivity contribution >= 4 is 33.4 Å². The Morgan fingerprint density at radius 3 is 2.36 bits per heavy atom. The van der Waals surface area contributed by atoms with Crippen molar-refractivity contribution in [2.45, 2.75) is 38.5 Å². The Labute approximate surface area is 152 Å². The van der Waals surface area contributed by atoms with Crippen LogP contribution in [-0.2, 0) is 14.8 Å². The van der Waals surface area contributed by atoms with Gasteiger partial charge in [-0.2, -0.15) is 11.8 Å². The van der Waals surface area contributed by atoms with Crippen LogP contribution in [0.25, 0.3) is 0 Å². The van der Waals surface area contributed by atoms with Crippen LogP contribution in [0.15, 0.2) is 18.2 Å². The number of thioether (sulfide) groups is 1. The maximum absolute atomic E-state index is 13.5. The van der Waals surface area contributed by atoms with E-state index < -0.39 is 33.6 Å². The maximum atomic E-state index is 13.5.